The van der Waals surface area contributed by atoms with Crippen LogP contribution in [-0.2, 0) is 4.79 Å². The van der Waals surface area contributed by atoms with Gasteiger partial charge in [-0.2, -0.15) is 10.1 Å². The number of benzene rings is 1. The fourth-order valence-corrected chi connectivity index (χ4v) is 2.11. The summed E-state index contributed by atoms with van der Waals surface area (Å²) >= 11 is 0. The highest BCUT2D eigenvalue weighted by Crippen LogP contribution is 2.29. The number of anilines is 1. The molecule has 0 saturated heterocycles. The van der Waals surface area contributed by atoms with Crippen molar-refractivity contribution in [3.63, 3.8) is 0 Å². The first-order valence-corrected chi connectivity index (χ1v) is 5.59. The summed E-state index contributed by atoms with van der Waals surface area (Å²) in [6, 6.07) is 5.83. The molecule has 0 bridgehead atoms. The van der Waals surface area contributed by atoms with Crippen LogP contribution in [0.4, 0.5) is 11.6 Å². The van der Waals surface area contributed by atoms with Crippen molar-refractivity contribution in [2.24, 2.45) is 0 Å². The van der Waals surface area contributed by atoms with Crippen LogP contribution < -0.4 is 5.32 Å². The zero-order valence-electron chi connectivity index (χ0n) is 9.68. The molecule has 96 valence electrons. The van der Waals surface area contributed by atoms with Crippen LogP contribution in [0.25, 0.3) is 0 Å². The minimum Gasteiger partial charge on any atom is -0.295 e. The van der Waals surface area contributed by atoms with E-state index in [4.69, 9.17) is 0 Å². The van der Waals surface area contributed by atoms with Crippen molar-refractivity contribution < 1.29 is 9.72 Å². The summed E-state index contributed by atoms with van der Waals surface area (Å²) in [6.07, 6.45) is 1.52. The lowest BCUT2D eigenvalue weighted by Gasteiger charge is -2.23. The van der Waals surface area contributed by atoms with Gasteiger partial charge in [0.25, 0.3) is 5.69 Å². The van der Waals surface area contributed by atoms with Gasteiger partial charge < -0.3 is 0 Å². The lowest BCUT2D eigenvalue weighted by atomic mass is 10.0. The summed E-state index contributed by atoms with van der Waals surface area (Å²) < 4.78 is 1.56. The molecule has 1 atom stereocenters. The van der Waals surface area contributed by atoms with Gasteiger partial charge in [-0.25, -0.2) is 4.68 Å². The van der Waals surface area contributed by atoms with Crippen LogP contribution >= 0.6 is 0 Å². The second-order valence-electron chi connectivity index (χ2n) is 4.15. The maximum Gasteiger partial charge on any atom is 0.269 e. The zero-order chi connectivity index (χ0) is 13.4. The van der Waals surface area contributed by atoms with Crippen LogP contribution in [0.2, 0.25) is 0 Å². The lowest BCUT2D eigenvalue weighted by Crippen LogP contribution is -2.29. The fraction of sp³-hybridized carbons (Fsp3) is 0.182. The Balaban J connectivity index is 2.06. The van der Waals surface area contributed by atoms with Gasteiger partial charge >= 0.3 is 0 Å². The van der Waals surface area contributed by atoms with E-state index >= 15 is 0 Å². The summed E-state index contributed by atoms with van der Waals surface area (Å²) in [5.74, 6) is 0.171. The third-order valence-electron chi connectivity index (χ3n) is 2.96. The molecule has 0 spiro atoms. The second kappa shape index (κ2) is 4.16. The van der Waals surface area contributed by atoms with Crippen molar-refractivity contribution in [1.29, 1.82) is 0 Å². The van der Waals surface area contributed by atoms with E-state index in [-0.39, 0.29) is 24.1 Å². The third kappa shape index (κ3) is 1.92. The van der Waals surface area contributed by atoms with E-state index in [2.05, 4.69) is 15.4 Å². The number of amides is 1. The number of nitro groups is 1. The Morgan fingerprint density at radius 3 is 3.11 bits per heavy atom. The second-order valence-corrected chi connectivity index (χ2v) is 4.15. The Labute approximate surface area is 107 Å². The van der Waals surface area contributed by atoms with Crippen LogP contribution in [0.3, 0.4) is 0 Å². The van der Waals surface area contributed by atoms with Crippen molar-refractivity contribution >= 4 is 17.5 Å². The first-order valence-electron chi connectivity index (χ1n) is 5.59. The number of fused-ring (bicyclic) bond motifs is 1. The summed E-state index contributed by atoms with van der Waals surface area (Å²) in [6.45, 7) is 0. The summed E-state index contributed by atoms with van der Waals surface area (Å²) in [5, 5.41) is 17.4. The monoisotopic (exact) mass is 259 g/mol. The van der Waals surface area contributed by atoms with Gasteiger partial charge in [0.05, 0.1) is 17.4 Å². The smallest absolute Gasteiger partial charge is 0.269 e. The molecule has 0 aliphatic carbocycles. The van der Waals surface area contributed by atoms with E-state index < -0.39 is 4.92 Å². The van der Waals surface area contributed by atoms with E-state index in [9.17, 15) is 14.9 Å². The van der Waals surface area contributed by atoms with Gasteiger partial charge in [-0.05, 0) is 5.56 Å². The van der Waals surface area contributed by atoms with Crippen molar-refractivity contribution in [3.8, 4) is 0 Å². The SMILES string of the molecule is O=C1CC(c2cccc([N+](=O)[O-])c2)n2ncnc2N1. The molecular weight excluding hydrogens is 250 g/mol. The standard InChI is InChI=1S/C11H9N5O3/c17-10-5-9(15-11(14-10)12-6-13-15)7-2-1-3-8(4-7)16(18)19/h1-4,6,9H,5H2,(H,12,13,14,17). The fourth-order valence-electron chi connectivity index (χ4n) is 2.11. The molecule has 8 nitrogen and oxygen atoms in total. The molecule has 1 amide bonds. The molecule has 2 heterocycles. The molecule has 1 aliphatic rings. The van der Waals surface area contributed by atoms with Gasteiger partial charge in [-0.15, -0.1) is 0 Å². The highest BCUT2D eigenvalue weighted by Gasteiger charge is 2.28. The van der Waals surface area contributed by atoms with Crippen molar-refractivity contribution in [2.45, 2.75) is 12.5 Å². The predicted octanol–water partition coefficient (Wildman–Crippen LogP) is 1.12. The van der Waals surface area contributed by atoms with Gasteiger partial charge in [-0.1, -0.05) is 12.1 Å². The largest absolute Gasteiger partial charge is 0.295 e. The quantitative estimate of drug-likeness (QED) is 0.643. The van der Waals surface area contributed by atoms with Crippen LogP contribution in [0.15, 0.2) is 30.6 Å². The average molecular weight is 259 g/mol. The van der Waals surface area contributed by atoms with E-state index in [0.717, 1.165) is 0 Å². The average Bonchev–Trinajstić information content (AvgIpc) is 2.85. The molecule has 1 aromatic carbocycles. The Morgan fingerprint density at radius 1 is 1.47 bits per heavy atom. The number of nitrogens with zero attached hydrogens (tertiary/aromatic N) is 4. The molecule has 19 heavy (non-hydrogen) atoms. The lowest BCUT2D eigenvalue weighted by molar-refractivity contribution is -0.384. The maximum atomic E-state index is 11.6. The molecule has 3 rings (SSSR count). The molecule has 1 aromatic heterocycles. The van der Waals surface area contributed by atoms with Crippen molar-refractivity contribution in [3.05, 3.63) is 46.3 Å². The van der Waals surface area contributed by atoms with Crippen LogP contribution in [-0.4, -0.2) is 25.6 Å². The van der Waals surface area contributed by atoms with E-state index in [1.807, 2.05) is 0 Å². The summed E-state index contributed by atoms with van der Waals surface area (Å²) in [7, 11) is 0. The van der Waals surface area contributed by atoms with Gasteiger partial charge in [0.2, 0.25) is 11.9 Å². The van der Waals surface area contributed by atoms with Gasteiger partial charge in [0, 0.05) is 12.1 Å². The number of nitrogens with one attached hydrogen (secondary N) is 1. The van der Waals surface area contributed by atoms with Crippen LogP contribution in [0.1, 0.15) is 18.0 Å². The summed E-state index contributed by atoms with van der Waals surface area (Å²) in [4.78, 5) is 25.9. The molecule has 1 N–H and O–H groups in total. The molecule has 0 saturated carbocycles. The zero-order valence-corrected chi connectivity index (χ0v) is 9.68. The number of rotatable bonds is 2. The maximum absolute atomic E-state index is 11.6. The first kappa shape index (κ1) is 11.3. The topological polar surface area (TPSA) is 103 Å². The van der Waals surface area contributed by atoms with Crippen molar-refractivity contribution in [1.82, 2.24) is 14.8 Å². The van der Waals surface area contributed by atoms with Crippen LogP contribution in [0.5, 0.6) is 0 Å². The molecule has 1 unspecified atom stereocenters. The van der Waals surface area contributed by atoms with Gasteiger partial charge in [0.15, 0.2) is 0 Å². The number of hydrogen-bond acceptors (Lipinski definition) is 5. The highest BCUT2D eigenvalue weighted by atomic mass is 16.6. The molecule has 0 fully saturated rings. The number of carbonyl (C=O) groups excluding carboxylic acids is 1. The normalized spacial score (nSPS) is 17.7. The van der Waals surface area contributed by atoms with Gasteiger partial charge in [0.1, 0.15) is 6.33 Å². The number of carbonyl (C=O) groups is 1. The van der Waals surface area contributed by atoms with Crippen LogP contribution in [0, 0.1) is 10.1 Å². The number of nitro benzene ring substituents is 1. The minimum absolute atomic E-state index is 0.00912. The number of non-ortho nitro benzene ring substituents is 1. The molecular formula is C11H9N5O3. The summed E-state index contributed by atoms with van der Waals surface area (Å²) in [5.41, 5.74) is 0.654. The van der Waals surface area contributed by atoms with E-state index in [1.165, 1.54) is 18.5 Å². The Kier molecular flexibility index (Phi) is 2.48. The Morgan fingerprint density at radius 2 is 2.32 bits per heavy atom. The minimum atomic E-state index is -0.464. The molecule has 2 aromatic rings. The Hall–Kier alpha value is -2.77. The first-order chi connectivity index (χ1) is 9.15. The number of aromatic nitrogens is 3. The van der Waals surface area contributed by atoms with E-state index in [1.54, 1.807) is 16.8 Å². The molecule has 8 heteroatoms. The molecule has 1 aliphatic heterocycles. The molecule has 0 radical (unpaired) electrons. The van der Waals surface area contributed by atoms with Crippen molar-refractivity contribution in [2.75, 3.05) is 5.32 Å². The Bertz CT molecular complexity index is 666. The third-order valence-corrected chi connectivity index (χ3v) is 2.96. The van der Waals surface area contributed by atoms with E-state index in [0.29, 0.717) is 11.5 Å². The van der Waals surface area contributed by atoms with Gasteiger partial charge in [-0.3, -0.25) is 20.2 Å². The predicted molar refractivity (Wildman–Crippen MR) is 64.5 cm³/mol. The number of hydrogen-bond donors (Lipinski definition) is 1. The highest BCUT2D eigenvalue weighted by molar-refractivity contribution is 5.91.